The van der Waals surface area contributed by atoms with Crippen molar-refractivity contribution in [3.63, 3.8) is 0 Å². The van der Waals surface area contributed by atoms with Crippen LogP contribution in [0.15, 0.2) is 0 Å². The number of hydrogen-bond acceptors (Lipinski definition) is 5. The monoisotopic (exact) mass is 235 g/mol. The van der Waals surface area contributed by atoms with Gasteiger partial charge in [-0.05, 0) is 13.8 Å². The molecule has 1 N–H and O–H groups in total. The van der Waals surface area contributed by atoms with Crippen LogP contribution in [0.4, 0.5) is 0 Å². The third-order valence-corrected chi connectivity index (χ3v) is 3.91. The molecule has 0 atom stereocenters. The molecule has 5 nitrogen and oxygen atoms in total. The van der Waals surface area contributed by atoms with E-state index in [0.29, 0.717) is 0 Å². The van der Waals surface area contributed by atoms with Gasteiger partial charge in [0, 0.05) is 18.0 Å². The summed E-state index contributed by atoms with van der Waals surface area (Å²) in [6.07, 6.45) is 0. The molecule has 0 spiro atoms. The molecular weight excluding hydrogens is 222 g/mol. The van der Waals surface area contributed by atoms with E-state index in [1.807, 2.05) is 6.92 Å². The van der Waals surface area contributed by atoms with E-state index in [-0.39, 0.29) is 0 Å². The first kappa shape index (κ1) is 9.92. The molecule has 3 rings (SSSR count). The molecule has 2 aromatic rings. The Hall–Kier alpha value is -1.27. The van der Waals surface area contributed by atoms with Gasteiger partial charge in [0.15, 0.2) is 10.8 Å². The van der Waals surface area contributed by atoms with E-state index in [4.69, 9.17) is 0 Å². The van der Waals surface area contributed by atoms with Gasteiger partial charge in [-0.1, -0.05) is 0 Å². The number of thiazole rings is 1. The third kappa shape index (κ3) is 1.45. The lowest BCUT2D eigenvalue weighted by Gasteiger charge is -2.14. The molecular formula is C10H13N5S. The summed E-state index contributed by atoms with van der Waals surface area (Å²) in [6.45, 7) is 6.82. The van der Waals surface area contributed by atoms with E-state index in [9.17, 15) is 0 Å². The molecule has 16 heavy (non-hydrogen) atoms. The largest absolute Gasteiger partial charge is 0.308 e. The zero-order chi connectivity index (χ0) is 11.1. The zero-order valence-electron chi connectivity index (χ0n) is 9.32. The molecule has 3 heterocycles. The highest BCUT2D eigenvalue weighted by atomic mass is 32.1. The minimum Gasteiger partial charge on any atom is -0.308 e. The van der Waals surface area contributed by atoms with Crippen molar-refractivity contribution in [1.82, 2.24) is 25.1 Å². The molecule has 1 aliphatic rings. The van der Waals surface area contributed by atoms with Crippen molar-refractivity contribution in [3.05, 3.63) is 16.4 Å². The molecule has 1 aliphatic heterocycles. The number of nitrogens with zero attached hydrogens (tertiary/aromatic N) is 4. The Balaban J connectivity index is 2.09. The molecule has 0 aromatic carbocycles. The summed E-state index contributed by atoms with van der Waals surface area (Å²) in [5.74, 6) is 1.92. The summed E-state index contributed by atoms with van der Waals surface area (Å²) in [5, 5.41) is 12.7. The first-order chi connectivity index (χ1) is 7.75. The van der Waals surface area contributed by atoms with Gasteiger partial charge in [0.05, 0.1) is 12.2 Å². The zero-order valence-corrected chi connectivity index (χ0v) is 10.1. The second-order valence-electron chi connectivity index (χ2n) is 3.93. The Morgan fingerprint density at radius 3 is 2.94 bits per heavy atom. The molecule has 0 aliphatic carbocycles. The maximum atomic E-state index is 4.54. The lowest BCUT2D eigenvalue weighted by Crippen LogP contribution is -2.28. The number of rotatable bonds is 1. The Morgan fingerprint density at radius 1 is 1.31 bits per heavy atom. The number of fused-ring (bicyclic) bond motifs is 1. The van der Waals surface area contributed by atoms with Crippen molar-refractivity contribution in [2.45, 2.75) is 26.9 Å². The highest BCUT2D eigenvalue weighted by molar-refractivity contribution is 7.15. The van der Waals surface area contributed by atoms with Gasteiger partial charge in [0.1, 0.15) is 5.82 Å². The van der Waals surface area contributed by atoms with E-state index < -0.39 is 0 Å². The van der Waals surface area contributed by atoms with E-state index >= 15 is 0 Å². The minimum absolute atomic E-state index is 0.802. The van der Waals surface area contributed by atoms with Crippen LogP contribution in [0.1, 0.15) is 16.4 Å². The van der Waals surface area contributed by atoms with Crippen LogP contribution in [-0.4, -0.2) is 26.3 Å². The Morgan fingerprint density at radius 2 is 2.19 bits per heavy atom. The fraction of sp³-hybridized carbons (Fsp3) is 0.500. The summed E-state index contributed by atoms with van der Waals surface area (Å²) in [6, 6.07) is 0. The molecule has 2 aromatic heterocycles. The van der Waals surface area contributed by atoms with Gasteiger partial charge in [0.25, 0.3) is 0 Å². The number of aryl methyl sites for hydroxylation is 2. The lowest BCUT2D eigenvalue weighted by atomic mass is 10.4. The van der Waals surface area contributed by atoms with Gasteiger partial charge in [0.2, 0.25) is 0 Å². The average Bonchev–Trinajstić information content (AvgIpc) is 2.83. The SMILES string of the molecule is Cc1nc(-c2nnc3n2CCNC3)sc1C. The standard InChI is InChI=1S/C10H13N5S/c1-6-7(2)16-10(12-6)9-14-13-8-5-11-3-4-15(8)9/h11H,3-5H2,1-2H3. The molecule has 84 valence electrons. The van der Waals surface area contributed by atoms with Crippen molar-refractivity contribution in [2.24, 2.45) is 0 Å². The molecule has 0 radical (unpaired) electrons. The fourth-order valence-corrected chi connectivity index (χ4v) is 2.73. The fourth-order valence-electron chi connectivity index (χ4n) is 1.82. The molecule has 0 amide bonds. The van der Waals surface area contributed by atoms with Crippen molar-refractivity contribution >= 4 is 11.3 Å². The number of aromatic nitrogens is 4. The minimum atomic E-state index is 0.802. The van der Waals surface area contributed by atoms with Crippen molar-refractivity contribution in [2.75, 3.05) is 6.54 Å². The van der Waals surface area contributed by atoms with Gasteiger partial charge in [-0.3, -0.25) is 0 Å². The maximum Gasteiger partial charge on any atom is 0.193 e. The molecule has 0 saturated heterocycles. The van der Waals surface area contributed by atoms with Crippen LogP contribution >= 0.6 is 11.3 Å². The summed E-state index contributed by atoms with van der Waals surface area (Å²) < 4.78 is 2.16. The second kappa shape index (κ2) is 3.64. The Labute approximate surface area is 97.5 Å². The topological polar surface area (TPSA) is 55.6 Å². The quantitative estimate of drug-likeness (QED) is 0.805. The van der Waals surface area contributed by atoms with Gasteiger partial charge in [-0.15, -0.1) is 21.5 Å². The van der Waals surface area contributed by atoms with Gasteiger partial charge < -0.3 is 9.88 Å². The van der Waals surface area contributed by atoms with Crippen LogP contribution < -0.4 is 5.32 Å². The molecule has 0 bridgehead atoms. The van der Waals surface area contributed by atoms with Crippen molar-refractivity contribution < 1.29 is 0 Å². The first-order valence-electron chi connectivity index (χ1n) is 5.33. The number of nitrogens with one attached hydrogen (secondary N) is 1. The molecule has 0 fully saturated rings. The van der Waals surface area contributed by atoms with Crippen LogP contribution in [0.25, 0.3) is 10.8 Å². The summed E-state index contributed by atoms with van der Waals surface area (Å²) in [5.41, 5.74) is 1.09. The normalized spacial score (nSPS) is 15.1. The van der Waals surface area contributed by atoms with Crippen LogP contribution in [0.3, 0.4) is 0 Å². The predicted octanol–water partition coefficient (Wildman–Crippen LogP) is 1.12. The summed E-state index contributed by atoms with van der Waals surface area (Å²) in [4.78, 5) is 5.79. The van der Waals surface area contributed by atoms with E-state index in [1.54, 1.807) is 11.3 Å². The van der Waals surface area contributed by atoms with Gasteiger partial charge in [-0.2, -0.15) is 0 Å². The number of hydrogen-bond donors (Lipinski definition) is 1. The van der Waals surface area contributed by atoms with Gasteiger partial charge in [-0.25, -0.2) is 4.98 Å². The highest BCUT2D eigenvalue weighted by Gasteiger charge is 2.19. The van der Waals surface area contributed by atoms with Crippen molar-refractivity contribution in [1.29, 1.82) is 0 Å². The van der Waals surface area contributed by atoms with Crippen LogP contribution in [0, 0.1) is 13.8 Å². The average molecular weight is 235 g/mol. The van der Waals surface area contributed by atoms with Gasteiger partial charge >= 0.3 is 0 Å². The van der Waals surface area contributed by atoms with E-state index in [0.717, 1.165) is 42.0 Å². The van der Waals surface area contributed by atoms with Crippen molar-refractivity contribution in [3.8, 4) is 10.8 Å². The first-order valence-corrected chi connectivity index (χ1v) is 6.14. The van der Waals surface area contributed by atoms with Crippen LogP contribution in [0.2, 0.25) is 0 Å². The Kier molecular flexibility index (Phi) is 2.26. The second-order valence-corrected chi connectivity index (χ2v) is 5.13. The van der Waals surface area contributed by atoms with Crippen LogP contribution in [-0.2, 0) is 13.1 Å². The Bertz CT molecular complexity index is 508. The lowest BCUT2D eigenvalue weighted by molar-refractivity contribution is 0.508. The highest BCUT2D eigenvalue weighted by Crippen LogP contribution is 2.26. The molecule has 0 unspecified atom stereocenters. The predicted molar refractivity (Wildman–Crippen MR) is 62.3 cm³/mol. The molecule has 6 heteroatoms. The van der Waals surface area contributed by atoms with E-state index in [1.165, 1.54) is 4.88 Å². The van der Waals surface area contributed by atoms with E-state index in [2.05, 4.69) is 32.0 Å². The molecule has 0 saturated carbocycles. The maximum absolute atomic E-state index is 4.54. The third-order valence-electron chi connectivity index (χ3n) is 2.84. The summed E-state index contributed by atoms with van der Waals surface area (Å²) >= 11 is 1.69. The smallest absolute Gasteiger partial charge is 0.193 e. The van der Waals surface area contributed by atoms with Crippen LogP contribution in [0.5, 0.6) is 0 Å². The summed E-state index contributed by atoms with van der Waals surface area (Å²) in [7, 11) is 0.